The van der Waals surface area contributed by atoms with Crippen molar-refractivity contribution in [3.63, 3.8) is 0 Å². The van der Waals surface area contributed by atoms with Gasteiger partial charge in [-0.05, 0) is 6.07 Å². The van der Waals surface area contributed by atoms with Crippen LogP contribution in [0.15, 0.2) is 23.0 Å². The second-order valence-corrected chi connectivity index (χ2v) is 2.40. The van der Waals surface area contributed by atoms with Gasteiger partial charge in [0.15, 0.2) is 0 Å². The maximum Gasteiger partial charge on any atom is 0.255 e. The number of rotatable bonds is 3. The standard InChI is InChI=1S/C7H7N5O2/c8-13-4-5-11-7(12-14-5)6-9-2-1-3-10-6/h1-3H,4,8H2. The van der Waals surface area contributed by atoms with Crippen LogP contribution in [0.2, 0.25) is 0 Å². The van der Waals surface area contributed by atoms with Crippen LogP contribution in [0.3, 0.4) is 0 Å². The fourth-order valence-electron chi connectivity index (χ4n) is 0.890. The number of aromatic nitrogens is 4. The van der Waals surface area contributed by atoms with E-state index < -0.39 is 0 Å². The van der Waals surface area contributed by atoms with Crippen molar-refractivity contribution in [2.45, 2.75) is 6.61 Å². The third-order valence-electron chi connectivity index (χ3n) is 1.44. The lowest BCUT2D eigenvalue weighted by atomic mass is 10.5. The van der Waals surface area contributed by atoms with Crippen LogP contribution in [0.1, 0.15) is 5.89 Å². The van der Waals surface area contributed by atoms with Gasteiger partial charge in [0.2, 0.25) is 11.6 Å². The summed E-state index contributed by atoms with van der Waals surface area (Å²) in [6, 6.07) is 1.70. The first-order valence-corrected chi connectivity index (χ1v) is 3.82. The normalized spacial score (nSPS) is 10.4. The first-order chi connectivity index (χ1) is 6.90. The van der Waals surface area contributed by atoms with Gasteiger partial charge in [-0.2, -0.15) is 4.98 Å². The Morgan fingerprint density at radius 1 is 1.29 bits per heavy atom. The number of nitrogens with zero attached hydrogens (tertiary/aromatic N) is 4. The van der Waals surface area contributed by atoms with Crippen LogP contribution in [0.5, 0.6) is 0 Å². The van der Waals surface area contributed by atoms with Gasteiger partial charge in [-0.25, -0.2) is 15.9 Å². The predicted octanol–water partition coefficient (Wildman–Crippen LogP) is -0.0831. The Morgan fingerprint density at radius 2 is 2.07 bits per heavy atom. The molecule has 0 saturated heterocycles. The zero-order valence-corrected chi connectivity index (χ0v) is 7.12. The van der Waals surface area contributed by atoms with Gasteiger partial charge in [0.25, 0.3) is 5.89 Å². The Balaban J connectivity index is 2.25. The van der Waals surface area contributed by atoms with Crippen LogP contribution in [0.4, 0.5) is 0 Å². The van der Waals surface area contributed by atoms with E-state index >= 15 is 0 Å². The highest BCUT2D eigenvalue weighted by Gasteiger charge is 2.09. The largest absolute Gasteiger partial charge is 0.336 e. The molecule has 0 saturated carbocycles. The minimum Gasteiger partial charge on any atom is -0.336 e. The molecule has 7 heteroatoms. The molecular weight excluding hydrogens is 186 g/mol. The molecule has 0 aromatic carbocycles. The summed E-state index contributed by atoms with van der Waals surface area (Å²) in [7, 11) is 0. The molecule has 7 nitrogen and oxygen atoms in total. The topological polar surface area (TPSA) is 100.0 Å². The van der Waals surface area contributed by atoms with Crippen molar-refractivity contribution in [2.75, 3.05) is 0 Å². The molecule has 2 rings (SSSR count). The van der Waals surface area contributed by atoms with E-state index in [1.165, 1.54) is 0 Å². The van der Waals surface area contributed by atoms with Crippen LogP contribution in [-0.4, -0.2) is 20.1 Å². The van der Waals surface area contributed by atoms with Gasteiger partial charge in [-0.1, -0.05) is 5.16 Å². The van der Waals surface area contributed by atoms with Gasteiger partial charge >= 0.3 is 0 Å². The third-order valence-corrected chi connectivity index (χ3v) is 1.44. The van der Waals surface area contributed by atoms with Crippen molar-refractivity contribution in [3.05, 3.63) is 24.4 Å². The summed E-state index contributed by atoms with van der Waals surface area (Å²) < 4.78 is 4.81. The lowest BCUT2D eigenvalue weighted by molar-refractivity contribution is 0.0995. The molecule has 0 fully saturated rings. The van der Waals surface area contributed by atoms with E-state index in [2.05, 4.69) is 24.9 Å². The number of hydrogen-bond acceptors (Lipinski definition) is 7. The fraction of sp³-hybridized carbons (Fsp3) is 0.143. The van der Waals surface area contributed by atoms with Crippen LogP contribution < -0.4 is 5.90 Å². The fourth-order valence-corrected chi connectivity index (χ4v) is 0.890. The molecule has 2 aromatic rings. The van der Waals surface area contributed by atoms with E-state index in [-0.39, 0.29) is 12.5 Å². The van der Waals surface area contributed by atoms with Gasteiger partial charge in [0.05, 0.1) is 0 Å². The molecule has 0 bridgehead atoms. The average Bonchev–Trinajstić information content (AvgIpc) is 2.68. The molecule has 0 amide bonds. The van der Waals surface area contributed by atoms with Crippen LogP contribution in [-0.2, 0) is 11.4 Å². The molecule has 0 atom stereocenters. The van der Waals surface area contributed by atoms with Gasteiger partial charge in [-0.15, -0.1) is 0 Å². The van der Waals surface area contributed by atoms with E-state index in [0.717, 1.165) is 0 Å². The molecule has 0 aliphatic rings. The quantitative estimate of drug-likeness (QED) is 0.680. The molecule has 14 heavy (non-hydrogen) atoms. The van der Waals surface area contributed by atoms with Crippen LogP contribution in [0, 0.1) is 0 Å². The molecule has 0 aliphatic heterocycles. The summed E-state index contributed by atoms with van der Waals surface area (Å²) >= 11 is 0. The highest BCUT2D eigenvalue weighted by Crippen LogP contribution is 2.08. The smallest absolute Gasteiger partial charge is 0.255 e. The summed E-state index contributed by atoms with van der Waals surface area (Å²) in [4.78, 5) is 16.2. The highest BCUT2D eigenvalue weighted by atomic mass is 16.6. The minimum atomic E-state index is 0.0693. The molecule has 2 heterocycles. The molecule has 0 unspecified atom stereocenters. The molecule has 72 valence electrons. The zero-order chi connectivity index (χ0) is 9.80. The summed E-state index contributed by atoms with van der Waals surface area (Å²) in [5, 5.41) is 3.66. The summed E-state index contributed by atoms with van der Waals surface area (Å²) in [6.07, 6.45) is 3.19. The Morgan fingerprint density at radius 3 is 2.79 bits per heavy atom. The molecule has 2 N–H and O–H groups in total. The number of nitrogens with two attached hydrogens (primary N) is 1. The predicted molar refractivity (Wildman–Crippen MR) is 44.3 cm³/mol. The van der Waals surface area contributed by atoms with E-state index in [1.54, 1.807) is 18.5 Å². The Labute approximate surface area is 78.9 Å². The van der Waals surface area contributed by atoms with Crippen molar-refractivity contribution < 1.29 is 9.36 Å². The highest BCUT2D eigenvalue weighted by molar-refractivity contribution is 5.40. The summed E-state index contributed by atoms with van der Waals surface area (Å²) in [5.74, 6) is 5.86. The van der Waals surface area contributed by atoms with Crippen LogP contribution >= 0.6 is 0 Å². The third kappa shape index (κ3) is 1.73. The maximum atomic E-state index is 4.85. The minimum absolute atomic E-state index is 0.0693. The van der Waals surface area contributed by atoms with E-state index in [0.29, 0.717) is 11.6 Å². The zero-order valence-electron chi connectivity index (χ0n) is 7.12. The SMILES string of the molecule is NOCc1nc(-c2ncccn2)no1. The average molecular weight is 193 g/mol. The Bertz CT molecular complexity index is 401. The summed E-state index contributed by atoms with van der Waals surface area (Å²) in [6.45, 7) is 0.0693. The van der Waals surface area contributed by atoms with Crippen molar-refractivity contribution >= 4 is 0 Å². The Kier molecular flexibility index (Phi) is 2.43. The van der Waals surface area contributed by atoms with Gasteiger partial charge in [0.1, 0.15) is 6.61 Å². The van der Waals surface area contributed by atoms with Gasteiger partial charge in [0, 0.05) is 12.4 Å². The Hall–Kier alpha value is -1.86. The summed E-state index contributed by atoms with van der Waals surface area (Å²) in [5.41, 5.74) is 0. The van der Waals surface area contributed by atoms with Crippen LogP contribution in [0.25, 0.3) is 11.6 Å². The molecule has 0 aliphatic carbocycles. The van der Waals surface area contributed by atoms with E-state index in [9.17, 15) is 0 Å². The van der Waals surface area contributed by atoms with Crippen molar-refractivity contribution in [2.24, 2.45) is 5.90 Å². The molecule has 0 spiro atoms. The first kappa shape index (κ1) is 8.73. The maximum absolute atomic E-state index is 4.85. The van der Waals surface area contributed by atoms with E-state index in [1.807, 2.05) is 0 Å². The first-order valence-electron chi connectivity index (χ1n) is 3.82. The van der Waals surface area contributed by atoms with Gasteiger partial charge < -0.3 is 4.52 Å². The molecule has 2 aromatic heterocycles. The van der Waals surface area contributed by atoms with Crippen molar-refractivity contribution in [1.82, 2.24) is 20.1 Å². The molecular formula is C7H7N5O2. The number of hydrogen-bond donors (Lipinski definition) is 1. The second-order valence-electron chi connectivity index (χ2n) is 2.40. The van der Waals surface area contributed by atoms with E-state index in [4.69, 9.17) is 10.4 Å². The molecule has 0 radical (unpaired) electrons. The lowest BCUT2D eigenvalue weighted by Gasteiger charge is -1.88. The monoisotopic (exact) mass is 193 g/mol. The lowest BCUT2D eigenvalue weighted by Crippen LogP contribution is -1.98. The van der Waals surface area contributed by atoms with Gasteiger partial charge in [-0.3, -0.25) is 4.84 Å². The second kappa shape index (κ2) is 3.90. The van der Waals surface area contributed by atoms with Crippen molar-refractivity contribution in [3.8, 4) is 11.6 Å². The van der Waals surface area contributed by atoms with Crippen molar-refractivity contribution in [1.29, 1.82) is 0 Å².